The Labute approximate surface area is 44.6 Å². The molecule has 1 aromatic rings. The van der Waals surface area contributed by atoms with Gasteiger partial charge in [-0.3, -0.25) is 8.63 Å². The predicted octanol–water partition coefficient (Wildman–Crippen LogP) is -0.608. The molecule has 0 saturated heterocycles. The summed E-state index contributed by atoms with van der Waals surface area (Å²) in [5.74, 6) is 0. The van der Waals surface area contributed by atoms with Crippen molar-refractivity contribution in [2.45, 2.75) is 0 Å². The summed E-state index contributed by atoms with van der Waals surface area (Å²) in [6.45, 7) is 0. The van der Waals surface area contributed by atoms with Crippen molar-refractivity contribution in [1.29, 1.82) is 0 Å². The van der Waals surface area contributed by atoms with Crippen molar-refractivity contribution in [2.24, 2.45) is 0 Å². The number of halogens is 2. The summed E-state index contributed by atoms with van der Waals surface area (Å²) in [7, 11) is -1.75. The second kappa shape index (κ2) is 5.99. The van der Waals surface area contributed by atoms with E-state index in [2.05, 4.69) is 20.6 Å². The van der Waals surface area contributed by atoms with Gasteiger partial charge in [0.1, 0.15) is 6.33 Å². The summed E-state index contributed by atoms with van der Waals surface area (Å²) >= 11 is 0. The fourth-order valence-electron chi connectivity index (χ4n) is 0.129. The molecule has 0 spiro atoms. The summed E-state index contributed by atoms with van der Waals surface area (Å²) in [5, 5.41) is 12.1. The van der Waals surface area contributed by atoms with Gasteiger partial charge in [0.25, 0.3) is 0 Å². The second-order valence-electron chi connectivity index (χ2n) is 0.664. The largest absolute Gasteiger partial charge is 0.521 e. The normalized spacial score (nSPS) is 6.75. The monoisotopic (exact) mass is 120 g/mol. The van der Waals surface area contributed by atoms with Crippen molar-refractivity contribution in [1.82, 2.24) is 20.6 Å². The van der Waals surface area contributed by atoms with Gasteiger partial charge in [-0.2, -0.15) is 0 Å². The number of nitrogens with zero attached hydrogens (tertiary/aromatic N) is 3. The van der Waals surface area contributed by atoms with Crippen LogP contribution < -0.4 is 0 Å². The van der Waals surface area contributed by atoms with E-state index in [0.29, 0.717) is 0 Å². The highest BCUT2D eigenvalue weighted by molar-refractivity contribution is 6.15. The van der Waals surface area contributed by atoms with Crippen molar-refractivity contribution in [2.75, 3.05) is 0 Å². The van der Waals surface area contributed by atoms with Gasteiger partial charge in [-0.15, -0.1) is 5.10 Å². The maximum absolute atomic E-state index is 9.62. The first-order chi connectivity index (χ1) is 3.91. The highest BCUT2D eigenvalue weighted by Gasteiger charge is 1.59. The Balaban J connectivity index is 0.000000145. The van der Waals surface area contributed by atoms with Gasteiger partial charge in [-0.1, -0.05) is 0 Å². The van der Waals surface area contributed by atoms with E-state index in [-0.39, 0.29) is 0 Å². The lowest BCUT2D eigenvalue weighted by atomic mass is 10.6. The van der Waals surface area contributed by atoms with E-state index in [9.17, 15) is 8.63 Å². The van der Waals surface area contributed by atoms with Crippen LogP contribution in [-0.4, -0.2) is 28.5 Å². The highest BCUT2D eigenvalue weighted by atomic mass is 19.2. The zero-order valence-corrected chi connectivity index (χ0v) is 3.88. The van der Waals surface area contributed by atoms with Gasteiger partial charge in [0.2, 0.25) is 0 Å². The van der Waals surface area contributed by atoms with Crippen molar-refractivity contribution >= 4 is 7.83 Å². The molecule has 44 valence electrons. The van der Waals surface area contributed by atoms with Gasteiger partial charge in [0, 0.05) is 0 Å². The quantitative estimate of drug-likeness (QED) is 0.464. The van der Waals surface area contributed by atoms with Crippen LogP contribution in [0.25, 0.3) is 0 Å². The number of nitrogens with one attached hydrogen (secondary N) is 1. The summed E-state index contributed by atoms with van der Waals surface area (Å²) in [4.78, 5) is 0. The molecule has 0 aliphatic rings. The molecule has 0 radical (unpaired) electrons. The lowest BCUT2D eigenvalue weighted by Crippen LogP contribution is -1.64. The number of H-pyrrole nitrogens is 1. The lowest BCUT2D eigenvalue weighted by molar-refractivity contribution is 0.712. The molecule has 0 unspecified atom stereocenters. The average Bonchev–Trinajstić information content (AvgIpc) is 2.17. The minimum absolute atomic E-state index is 1.40. The molecular weight excluding hydrogens is 117 g/mol. The predicted molar refractivity (Wildman–Crippen MR) is 23.5 cm³/mol. The molecule has 4 nitrogen and oxygen atoms in total. The zero-order chi connectivity index (χ0) is 6.24. The molecule has 0 aliphatic heterocycles. The minimum Gasteiger partial charge on any atom is -0.291 e. The molecule has 1 heterocycles. The molecule has 1 rings (SSSR count). The van der Waals surface area contributed by atoms with Gasteiger partial charge in [0.15, 0.2) is 0 Å². The fourth-order valence-corrected chi connectivity index (χ4v) is 0.129. The van der Waals surface area contributed by atoms with Gasteiger partial charge >= 0.3 is 7.83 Å². The Morgan fingerprint density at radius 1 is 1.50 bits per heavy atom. The maximum atomic E-state index is 9.62. The fraction of sp³-hybridized carbons (Fsp3) is 0. The Bertz CT molecular complexity index is 80.9. The first-order valence-electron chi connectivity index (χ1n) is 1.71. The zero-order valence-electron chi connectivity index (χ0n) is 3.88. The van der Waals surface area contributed by atoms with E-state index in [1.165, 1.54) is 6.33 Å². The smallest absolute Gasteiger partial charge is 0.291 e. The first-order valence-corrected chi connectivity index (χ1v) is 1.71. The first kappa shape index (κ1) is 6.99. The molecule has 0 aliphatic carbocycles. The SMILES string of the molecule is FBF.c1nnn[nH]1. The van der Waals surface area contributed by atoms with Crippen LogP contribution in [0.15, 0.2) is 6.33 Å². The summed E-state index contributed by atoms with van der Waals surface area (Å²) in [6, 6.07) is 0. The van der Waals surface area contributed by atoms with Gasteiger partial charge in [-0.05, 0) is 10.4 Å². The summed E-state index contributed by atoms with van der Waals surface area (Å²) in [6.07, 6.45) is 1.40. The Hall–Kier alpha value is -1.01. The van der Waals surface area contributed by atoms with E-state index in [0.717, 1.165) is 0 Å². The van der Waals surface area contributed by atoms with Crippen LogP contribution in [0.4, 0.5) is 8.63 Å². The molecule has 0 atom stereocenters. The van der Waals surface area contributed by atoms with Crippen LogP contribution >= 0.6 is 0 Å². The molecule has 1 N–H and O–H groups in total. The van der Waals surface area contributed by atoms with Crippen LogP contribution in [0.3, 0.4) is 0 Å². The van der Waals surface area contributed by atoms with E-state index in [4.69, 9.17) is 0 Å². The molecule has 0 aromatic carbocycles. The van der Waals surface area contributed by atoms with Crippen LogP contribution in [0, 0.1) is 0 Å². The molecular formula is CH3BF2N4. The highest BCUT2D eigenvalue weighted by Crippen LogP contribution is 1.49. The third-order valence-electron chi connectivity index (χ3n) is 0.270. The third-order valence-corrected chi connectivity index (χ3v) is 0.270. The van der Waals surface area contributed by atoms with Crippen molar-refractivity contribution < 1.29 is 8.63 Å². The Kier molecular flexibility index (Phi) is 5.24. The van der Waals surface area contributed by atoms with Gasteiger partial charge in [0.05, 0.1) is 0 Å². The molecule has 1 aromatic heterocycles. The van der Waals surface area contributed by atoms with E-state index in [1.807, 2.05) is 0 Å². The molecule has 0 fully saturated rings. The summed E-state index contributed by atoms with van der Waals surface area (Å²) < 4.78 is 19.2. The van der Waals surface area contributed by atoms with Crippen molar-refractivity contribution in [3.8, 4) is 0 Å². The van der Waals surface area contributed by atoms with Crippen LogP contribution in [0.5, 0.6) is 0 Å². The number of aromatic nitrogens is 4. The van der Waals surface area contributed by atoms with E-state index >= 15 is 0 Å². The molecule has 0 saturated carbocycles. The van der Waals surface area contributed by atoms with Crippen molar-refractivity contribution in [3.63, 3.8) is 0 Å². The molecule has 7 heteroatoms. The van der Waals surface area contributed by atoms with Crippen LogP contribution in [0.2, 0.25) is 0 Å². The van der Waals surface area contributed by atoms with E-state index < -0.39 is 7.83 Å². The standard InChI is InChI=1S/CH2N4.BF2H/c1-2-4-5-3-1;2-1-3/h1H,(H,2,3,4,5);1H. The Morgan fingerprint density at radius 2 is 2.12 bits per heavy atom. The van der Waals surface area contributed by atoms with E-state index in [1.54, 1.807) is 0 Å². The number of rotatable bonds is 0. The molecule has 0 bridgehead atoms. The van der Waals surface area contributed by atoms with Gasteiger partial charge < -0.3 is 0 Å². The maximum Gasteiger partial charge on any atom is 0.521 e. The van der Waals surface area contributed by atoms with Gasteiger partial charge in [-0.25, -0.2) is 5.10 Å². The van der Waals surface area contributed by atoms with Crippen molar-refractivity contribution in [3.05, 3.63) is 6.33 Å². The lowest BCUT2D eigenvalue weighted by Gasteiger charge is -1.42. The number of hydrogen-bond donors (Lipinski definition) is 1. The number of hydrogen-bond acceptors (Lipinski definition) is 3. The Morgan fingerprint density at radius 3 is 2.25 bits per heavy atom. The minimum atomic E-state index is -1.75. The topological polar surface area (TPSA) is 54.5 Å². The molecule has 8 heavy (non-hydrogen) atoms. The number of tetrazole rings is 1. The second-order valence-corrected chi connectivity index (χ2v) is 0.664. The van der Waals surface area contributed by atoms with Crippen LogP contribution in [-0.2, 0) is 0 Å². The summed E-state index contributed by atoms with van der Waals surface area (Å²) in [5.41, 5.74) is 0. The third kappa shape index (κ3) is 4.99. The van der Waals surface area contributed by atoms with Crippen LogP contribution in [0.1, 0.15) is 0 Å². The number of aromatic amines is 1. The average molecular weight is 120 g/mol. The molecule has 0 amide bonds.